The number of rotatable bonds is 3. The Balaban J connectivity index is 1.98. The van der Waals surface area contributed by atoms with E-state index in [9.17, 15) is 4.79 Å². The summed E-state index contributed by atoms with van der Waals surface area (Å²) in [5.41, 5.74) is 1.17. The number of carbonyl (C=O) groups is 1. The smallest absolute Gasteiger partial charge is 0.222 e. The fraction of sp³-hybridized carbons (Fsp3) is 0.533. The van der Waals surface area contributed by atoms with Crippen molar-refractivity contribution in [1.29, 1.82) is 0 Å². The summed E-state index contributed by atoms with van der Waals surface area (Å²) in [5.74, 6) is 0.338. The first-order chi connectivity index (χ1) is 9.13. The lowest BCUT2D eigenvalue weighted by atomic mass is 9.94. The molecule has 1 heterocycles. The maximum Gasteiger partial charge on any atom is 0.222 e. The Labute approximate surface area is 119 Å². The quantitative estimate of drug-likeness (QED) is 0.923. The van der Waals surface area contributed by atoms with E-state index in [-0.39, 0.29) is 11.8 Å². The Bertz CT molecular complexity index is 442. The van der Waals surface area contributed by atoms with Crippen LogP contribution in [0.15, 0.2) is 24.3 Å². The summed E-state index contributed by atoms with van der Waals surface area (Å²) >= 11 is 6.25. The third-order valence-corrected chi connectivity index (χ3v) is 4.39. The monoisotopic (exact) mass is 280 g/mol. The maximum atomic E-state index is 11.6. The highest BCUT2D eigenvalue weighted by molar-refractivity contribution is 6.31. The van der Waals surface area contributed by atoms with Gasteiger partial charge in [-0.15, -0.1) is 0 Å². The molecule has 0 radical (unpaired) electrons. The lowest BCUT2D eigenvalue weighted by molar-refractivity contribution is -0.126. The van der Waals surface area contributed by atoms with Crippen molar-refractivity contribution >= 4 is 17.5 Å². The van der Waals surface area contributed by atoms with Gasteiger partial charge in [-0.2, -0.15) is 0 Å². The molecule has 0 spiro atoms. The Morgan fingerprint density at radius 1 is 1.37 bits per heavy atom. The predicted octanol–water partition coefficient (Wildman–Crippen LogP) is 2.86. The van der Waals surface area contributed by atoms with E-state index in [4.69, 9.17) is 11.6 Å². The Kier molecular flexibility index (Phi) is 4.83. The van der Waals surface area contributed by atoms with Crippen LogP contribution >= 0.6 is 11.6 Å². The fourth-order valence-corrected chi connectivity index (χ4v) is 3.06. The van der Waals surface area contributed by atoms with Gasteiger partial charge < -0.3 is 5.32 Å². The molecule has 1 fully saturated rings. The molecule has 1 atom stereocenters. The van der Waals surface area contributed by atoms with Gasteiger partial charge >= 0.3 is 0 Å². The zero-order valence-corrected chi connectivity index (χ0v) is 12.3. The van der Waals surface area contributed by atoms with Crippen LogP contribution < -0.4 is 5.32 Å². The van der Waals surface area contributed by atoms with Crippen LogP contribution in [0.1, 0.15) is 31.4 Å². The van der Waals surface area contributed by atoms with Crippen LogP contribution in [0.3, 0.4) is 0 Å². The zero-order valence-electron chi connectivity index (χ0n) is 11.5. The van der Waals surface area contributed by atoms with Crippen LogP contribution in [-0.2, 0) is 4.79 Å². The Hall–Kier alpha value is -1.06. The minimum atomic E-state index is 0.166. The molecule has 1 amide bonds. The summed E-state index contributed by atoms with van der Waals surface area (Å²) in [6.07, 6.45) is 1.85. The third kappa shape index (κ3) is 3.28. The first-order valence-electron chi connectivity index (χ1n) is 6.83. The van der Waals surface area contributed by atoms with E-state index in [1.54, 1.807) is 7.05 Å². The number of benzene rings is 1. The van der Waals surface area contributed by atoms with Crippen molar-refractivity contribution in [2.24, 2.45) is 5.92 Å². The molecule has 0 bridgehead atoms. The van der Waals surface area contributed by atoms with E-state index >= 15 is 0 Å². The number of hydrogen-bond donors (Lipinski definition) is 1. The van der Waals surface area contributed by atoms with E-state index in [2.05, 4.69) is 23.2 Å². The van der Waals surface area contributed by atoms with E-state index in [0.29, 0.717) is 6.04 Å². The van der Waals surface area contributed by atoms with Gasteiger partial charge in [-0.3, -0.25) is 9.69 Å². The van der Waals surface area contributed by atoms with Gasteiger partial charge in [-0.1, -0.05) is 29.8 Å². The lowest BCUT2D eigenvalue weighted by Gasteiger charge is -2.35. The first kappa shape index (κ1) is 14.4. The van der Waals surface area contributed by atoms with Crippen LogP contribution in [0, 0.1) is 5.92 Å². The van der Waals surface area contributed by atoms with Gasteiger partial charge in [-0.05, 0) is 44.5 Å². The third-order valence-electron chi connectivity index (χ3n) is 4.05. The minimum Gasteiger partial charge on any atom is -0.359 e. The van der Waals surface area contributed by atoms with Crippen LogP contribution in [-0.4, -0.2) is 30.9 Å². The number of halogens is 1. The SMILES string of the molecule is CNC(=O)C1CCN([C@H](C)c2ccccc2Cl)CC1. The van der Waals surface area contributed by atoms with Gasteiger partial charge in [0.1, 0.15) is 0 Å². The van der Waals surface area contributed by atoms with Crippen LogP contribution in [0.25, 0.3) is 0 Å². The molecular formula is C15H21ClN2O. The van der Waals surface area contributed by atoms with Crippen molar-refractivity contribution in [2.75, 3.05) is 20.1 Å². The average molecular weight is 281 g/mol. The predicted molar refractivity (Wildman–Crippen MR) is 78.2 cm³/mol. The lowest BCUT2D eigenvalue weighted by Crippen LogP contribution is -2.40. The second kappa shape index (κ2) is 6.40. The maximum absolute atomic E-state index is 11.6. The summed E-state index contributed by atoms with van der Waals surface area (Å²) in [4.78, 5) is 14.0. The minimum absolute atomic E-state index is 0.166. The van der Waals surface area contributed by atoms with Crippen molar-refractivity contribution in [2.45, 2.75) is 25.8 Å². The summed E-state index contributed by atoms with van der Waals surface area (Å²) in [6, 6.07) is 8.30. The van der Waals surface area contributed by atoms with Crippen LogP contribution in [0.2, 0.25) is 5.02 Å². The number of likely N-dealkylation sites (tertiary alicyclic amines) is 1. The Morgan fingerprint density at radius 2 is 2.00 bits per heavy atom. The average Bonchev–Trinajstić information content (AvgIpc) is 2.46. The van der Waals surface area contributed by atoms with E-state index < -0.39 is 0 Å². The number of amides is 1. The molecule has 104 valence electrons. The van der Waals surface area contributed by atoms with Gasteiger partial charge in [0.05, 0.1) is 0 Å². The number of nitrogens with zero attached hydrogens (tertiary/aromatic N) is 1. The number of nitrogens with one attached hydrogen (secondary N) is 1. The molecule has 2 rings (SSSR count). The summed E-state index contributed by atoms with van der Waals surface area (Å²) in [5, 5.41) is 3.56. The topological polar surface area (TPSA) is 32.3 Å². The normalized spacial score (nSPS) is 19.1. The second-order valence-electron chi connectivity index (χ2n) is 5.12. The second-order valence-corrected chi connectivity index (χ2v) is 5.53. The highest BCUT2D eigenvalue weighted by atomic mass is 35.5. The largest absolute Gasteiger partial charge is 0.359 e. The summed E-state index contributed by atoms with van der Waals surface area (Å²) in [6.45, 7) is 4.08. The molecule has 1 aromatic carbocycles. The molecule has 1 aliphatic heterocycles. The molecule has 0 unspecified atom stereocenters. The van der Waals surface area contributed by atoms with Crippen molar-refractivity contribution in [3.05, 3.63) is 34.9 Å². The first-order valence-corrected chi connectivity index (χ1v) is 7.21. The number of piperidine rings is 1. The van der Waals surface area contributed by atoms with E-state index in [1.807, 2.05) is 18.2 Å². The highest BCUT2D eigenvalue weighted by Gasteiger charge is 2.27. The number of hydrogen-bond acceptors (Lipinski definition) is 2. The van der Waals surface area contributed by atoms with E-state index in [0.717, 1.165) is 31.0 Å². The summed E-state index contributed by atoms with van der Waals surface area (Å²) < 4.78 is 0. The molecule has 4 heteroatoms. The molecule has 1 aromatic rings. The molecule has 0 aliphatic carbocycles. The highest BCUT2D eigenvalue weighted by Crippen LogP contribution is 2.30. The molecule has 1 saturated heterocycles. The fourth-order valence-electron chi connectivity index (χ4n) is 2.76. The van der Waals surface area contributed by atoms with Crippen molar-refractivity contribution in [3.63, 3.8) is 0 Å². The molecule has 3 nitrogen and oxygen atoms in total. The standard InChI is InChI=1S/C15H21ClN2O/c1-11(13-5-3-4-6-14(13)16)18-9-7-12(8-10-18)15(19)17-2/h3-6,11-12H,7-10H2,1-2H3,(H,17,19)/t11-/m1/s1. The van der Waals surface area contributed by atoms with Crippen molar-refractivity contribution in [3.8, 4) is 0 Å². The van der Waals surface area contributed by atoms with E-state index in [1.165, 1.54) is 5.56 Å². The van der Waals surface area contributed by atoms with Gasteiger partial charge in [0.25, 0.3) is 0 Å². The molecule has 19 heavy (non-hydrogen) atoms. The Morgan fingerprint density at radius 3 is 2.58 bits per heavy atom. The van der Waals surface area contributed by atoms with Gasteiger partial charge in [0.2, 0.25) is 5.91 Å². The van der Waals surface area contributed by atoms with Crippen molar-refractivity contribution < 1.29 is 4.79 Å². The van der Waals surface area contributed by atoms with Crippen LogP contribution in [0.5, 0.6) is 0 Å². The molecular weight excluding hydrogens is 260 g/mol. The zero-order chi connectivity index (χ0) is 13.8. The molecule has 0 aromatic heterocycles. The van der Waals surface area contributed by atoms with Crippen molar-refractivity contribution in [1.82, 2.24) is 10.2 Å². The van der Waals surface area contributed by atoms with Gasteiger partial charge in [0, 0.05) is 24.0 Å². The molecule has 1 N–H and O–H groups in total. The molecule has 1 aliphatic rings. The van der Waals surface area contributed by atoms with Crippen LogP contribution in [0.4, 0.5) is 0 Å². The van der Waals surface area contributed by atoms with Gasteiger partial charge in [-0.25, -0.2) is 0 Å². The summed E-state index contributed by atoms with van der Waals surface area (Å²) in [7, 11) is 1.71. The number of carbonyl (C=O) groups excluding carboxylic acids is 1. The van der Waals surface area contributed by atoms with Gasteiger partial charge in [0.15, 0.2) is 0 Å². The molecule has 0 saturated carbocycles.